The molecule has 158 valence electrons. The number of aryl methyl sites for hydroxylation is 2. The van der Waals surface area contributed by atoms with E-state index in [1.165, 1.54) is 23.9 Å². The number of anilines is 1. The molecular formula is C21H19FN6O2S. The molecule has 0 spiro atoms. The average Bonchev–Trinajstić information content (AvgIpc) is 3.16. The van der Waals surface area contributed by atoms with E-state index in [1.54, 1.807) is 20.0 Å². The summed E-state index contributed by atoms with van der Waals surface area (Å²) >= 11 is 1.19. The maximum Gasteiger partial charge on any atom is 0.298 e. The van der Waals surface area contributed by atoms with Crippen molar-refractivity contribution >= 4 is 17.4 Å². The van der Waals surface area contributed by atoms with Crippen LogP contribution >= 0.6 is 11.5 Å². The van der Waals surface area contributed by atoms with Gasteiger partial charge in [-0.05, 0) is 44.0 Å². The third kappa shape index (κ3) is 4.65. The van der Waals surface area contributed by atoms with E-state index >= 15 is 0 Å². The van der Waals surface area contributed by atoms with Crippen LogP contribution < -0.4 is 10.1 Å². The van der Waals surface area contributed by atoms with Gasteiger partial charge in [-0.2, -0.15) is 9.36 Å². The van der Waals surface area contributed by atoms with Gasteiger partial charge in [-0.3, -0.25) is 9.97 Å². The Kier molecular flexibility index (Phi) is 5.83. The fraction of sp³-hybridized carbons (Fsp3) is 0.190. The molecule has 0 saturated carbocycles. The first-order valence-electron chi connectivity index (χ1n) is 9.36. The van der Waals surface area contributed by atoms with Crippen molar-refractivity contribution in [3.8, 4) is 22.2 Å². The molecule has 1 atom stereocenters. The van der Waals surface area contributed by atoms with Gasteiger partial charge in [0.25, 0.3) is 5.19 Å². The molecule has 3 heterocycles. The van der Waals surface area contributed by atoms with E-state index in [0.29, 0.717) is 39.4 Å². The largest absolute Gasteiger partial charge is 0.430 e. The summed E-state index contributed by atoms with van der Waals surface area (Å²) in [6.45, 7) is 5.34. The van der Waals surface area contributed by atoms with Crippen LogP contribution in [0.4, 0.5) is 10.2 Å². The first-order chi connectivity index (χ1) is 14.9. The van der Waals surface area contributed by atoms with Crippen molar-refractivity contribution in [3.63, 3.8) is 0 Å². The number of aliphatic hydroxyl groups excluding tert-OH is 1. The van der Waals surface area contributed by atoms with Gasteiger partial charge in [0.1, 0.15) is 23.2 Å². The Morgan fingerprint density at radius 3 is 2.65 bits per heavy atom. The lowest BCUT2D eigenvalue weighted by Crippen LogP contribution is -2.13. The number of nitrogens with one attached hydrogen (secondary N) is 1. The molecule has 4 aromatic rings. The molecule has 2 N–H and O–H groups in total. The SMILES string of the molecule is Cc1nsc(Oc2ccc(C)c(-c3cnc(NC(O)c4cncc(F)c4C)cn3)c2)n1. The molecule has 0 aliphatic rings. The number of ether oxygens (including phenoxy) is 1. The van der Waals surface area contributed by atoms with Gasteiger partial charge in [-0.25, -0.2) is 9.37 Å². The summed E-state index contributed by atoms with van der Waals surface area (Å²) in [7, 11) is 0. The second-order valence-corrected chi connectivity index (χ2v) is 7.57. The van der Waals surface area contributed by atoms with Crippen LogP contribution in [-0.2, 0) is 0 Å². The molecule has 3 aromatic heterocycles. The van der Waals surface area contributed by atoms with Crippen molar-refractivity contribution in [3.05, 3.63) is 71.3 Å². The normalized spacial score (nSPS) is 11.9. The molecule has 0 radical (unpaired) electrons. The maximum atomic E-state index is 13.7. The summed E-state index contributed by atoms with van der Waals surface area (Å²) in [5, 5.41) is 13.6. The summed E-state index contributed by atoms with van der Waals surface area (Å²) in [6, 6.07) is 5.64. The number of hydrogen-bond acceptors (Lipinski definition) is 9. The minimum atomic E-state index is -1.17. The Morgan fingerprint density at radius 1 is 1.10 bits per heavy atom. The lowest BCUT2D eigenvalue weighted by atomic mass is 10.1. The molecule has 4 rings (SSSR count). The van der Waals surface area contributed by atoms with Crippen LogP contribution in [0.15, 0.2) is 43.0 Å². The summed E-state index contributed by atoms with van der Waals surface area (Å²) < 4.78 is 23.6. The maximum absolute atomic E-state index is 13.7. The van der Waals surface area contributed by atoms with E-state index in [2.05, 4.69) is 29.6 Å². The molecule has 10 heteroatoms. The van der Waals surface area contributed by atoms with Gasteiger partial charge in [0, 0.05) is 28.9 Å². The van der Waals surface area contributed by atoms with Crippen molar-refractivity contribution in [1.82, 2.24) is 24.3 Å². The number of rotatable bonds is 6. The van der Waals surface area contributed by atoms with Gasteiger partial charge in [0.05, 0.1) is 24.3 Å². The zero-order valence-electron chi connectivity index (χ0n) is 17.0. The molecule has 31 heavy (non-hydrogen) atoms. The van der Waals surface area contributed by atoms with Crippen LogP contribution in [0.3, 0.4) is 0 Å². The van der Waals surface area contributed by atoms with Gasteiger partial charge >= 0.3 is 0 Å². The zero-order valence-corrected chi connectivity index (χ0v) is 17.8. The highest BCUT2D eigenvalue weighted by molar-refractivity contribution is 7.07. The Hall–Kier alpha value is -3.50. The predicted octanol–water partition coefficient (Wildman–Crippen LogP) is 4.35. The molecule has 0 amide bonds. The summed E-state index contributed by atoms with van der Waals surface area (Å²) in [5.41, 5.74) is 3.14. The average molecular weight is 438 g/mol. The van der Waals surface area contributed by atoms with Gasteiger partial charge < -0.3 is 15.2 Å². The number of pyridine rings is 1. The van der Waals surface area contributed by atoms with Crippen LogP contribution in [0.1, 0.15) is 28.7 Å². The number of benzene rings is 1. The fourth-order valence-electron chi connectivity index (χ4n) is 2.91. The molecule has 1 unspecified atom stereocenters. The van der Waals surface area contributed by atoms with Crippen LogP contribution in [0.25, 0.3) is 11.3 Å². The molecule has 0 bridgehead atoms. The van der Waals surface area contributed by atoms with Gasteiger partial charge in [0.15, 0.2) is 6.23 Å². The lowest BCUT2D eigenvalue weighted by molar-refractivity contribution is 0.206. The van der Waals surface area contributed by atoms with Crippen molar-refractivity contribution in [2.75, 3.05) is 5.32 Å². The zero-order chi connectivity index (χ0) is 22.0. The predicted molar refractivity (Wildman–Crippen MR) is 114 cm³/mol. The number of aromatic nitrogens is 5. The fourth-order valence-corrected chi connectivity index (χ4v) is 3.47. The van der Waals surface area contributed by atoms with E-state index < -0.39 is 12.0 Å². The van der Waals surface area contributed by atoms with E-state index in [-0.39, 0.29) is 0 Å². The number of aliphatic hydroxyl groups is 1. The molecule has 0 aliphatic carbocycles. The number of nitrogens with zero attached hydrogens (tertiary/aromatic N) is 5. The van der Waals surface area contributed by atoms with Gasteiger partial charge in [0.2, 0.25) is 0 Å². The quantitative estimate of drug-likeness (QED) is 0.428. The lowest BCUT2D eigenvalue weighted by Gasteiger charge is -2.16. The Morgan fingerprint density at radius 2 is 1.94 bits per heavy atom. The minimum absolute atomic E-state index is 0.317. The number of halogens is 1. The van der Waals surface area contributed by atoms with E-state index in [1.807, 2.05) is 25.1 Å². The van der Waals surface area contributed by atoms with E-state index in [9.17, 15) is 9.50 Å². The van der Waals surface area contributed by atoms with Crippen molar-refractivity contribution < 1.29 is 14.2 Å². The van der Waals surface area contributed by atoms with Crippen molar-refractivity contribution in [2.24, 2.45) is 0 Å². The van der Waals surface area contributed by atoms with Crippen molar-refractivity contribution in [1.29, 1.82) is 0 Å². The molecule has 0 aliphatic heterocycles. The first kappa shape index (κ1) is 20.8. The van der Waals surface area contributed by atoms with Crippen LogP contribution in [0.5, 0.6) is 10.9 Å². The second-order valence-electron chi connectivity index (χ2n) is 6.86. The topological polar surface area (TPSA) is 106 Å². The van der Waals surface area contributed by atoms with Crippen LogP contribution in [0, 0.1) is 26.6 Å². The molecular weight excluding hydrogens is 419 g/mol. The standard InChI is InChI=1S/C21H19FN6O2S/c1-11-4-5-14(30-21-26-13(3)28-31-21)6-15(11)18-9-25-19(10-24-18)27-20(29)16-7-23-8-17(22)12(16)2/h4-10,20,29H,1-3H3,(H,25,27). The monoisotopic (exact) mass is 438 g/mol. The van der Waals surface area contributed by atoms with Gasteiger partial charge in [-0.15, -0.1) is 0 Å². The van der Waals surface area contributed by atoms with Gasteiger partial charge in [-0.1, -0.05) is 6.07 Å². The highest BCUT2D eigenvalue weighted by atomic mass is 32.1. The minimum Gasteiger partial charge on any atom is -0.430 e. The molecule has 8 nitrogen and oxygen atoms in total. The second kappa shape index (κ2) is 8.70. The Balaban J connectivity index is 1.52. The smallest absolute Gasteiger partial charge is 0.298 e. The third-order valence-corrected chi connectivity index (χ3v) is 5.31. The van der Waals surface area contributed by atoms with Crippen LogP contribution in [-0.4, -0.2) is 29.4 Å². The Bertz CT molecular complexity index is 1210. The van der Waals surface area contributed by atoms with E-state index in [4.69, 9.17) is 4.74 Å². The Labute approximate surface area is 182 Å². The van der Waals surface area contributed by atoms with Crippen molar-refractivity contribution in [2.45, 2.75) is 27.0 Å². The summed E-state index contributed by atoms with van der Waals surface area (Å²) in [5.74, 6) is 1.13. The summed E-state index contributed by atoms with van der Waals surface area (Å²) in [4.78, 5) is 16.7. The third-order valence-electron chi connectivity index (χ3n) is 4.62. The first-order valence-corrected chi connectivity index (χ1v) is 10.1. The number of hydrogen-bond donors (Lipinski definition) is 2. The highest BCUT2D eigenvalue weighted by Gasteiger charge is 2.15. The molecule has 0 fully saturated rings. The molecule has 1 aromatic carbocycles. The summed E-state index contributed by atoms with van der Waals surface area (Å²) in [6.07, 6.45) is 4.44. The van der Waals surface area contributed by atoms with E-state index in [0.717, 1.165) is 17.3 Å². The van der Waals surface area contributed by atoms with Crippen LogP contribution in [0.2, 0.25) is 0 Å². The highest BCUT2D eigenvalue weighted by Crippen LogP contribution is 2.30. The molecule has 0 saturated heterocycles.